The molecular weight excluding hydrogens is 302 g/mol. The molecule has 1 amide bonds. The van der Waals surface area contributed by atoms with Crippen LogP contribution in [0, 0.1) is 0 Å². The molecule has 0 aliphatic heterocycles. The van der Waals surface area contributed by atoms with Crippen LogP contribution in [0.15, 0.2) is 60.6 Å². The highest BCUT2D eigenvalue weighted by molar-refractivity contribution is 5.91. The first-order valence-electron chi connectivity index (χ1n) is 7.86. The summed E-state index contributed by atoms with van der Waals surface area (Å²) in [7, 11) is 1.66. The maximum Gasteiger partial charge on any atom is 0.229 e. The molecule has 0 saturated carbocycles. The van der Waals surface area contributed by atoms with E-state index in [-0.39, 0.29) is 5.91 Å². The quantitative estimate of drug-likeness (QED) is 0.917. The van der Waals surface area contributed by atoms with Gasteiger partial charge in [-0.2, -0.15) is 0 Å². The van der Waals surface area contributed by atoms with E-state index in [4.69, 9.17) is 4.74 Å². The van der Waals surface area contributed by atoms with E-state index >= 15 is 0 Å². The lowest BCUT2D eigenvalue weighted by Crippen LogP contribution is -2.15. The van der Waals surface area contributed by atoms with E-state index in [1.54, 1.807) is 13.2 Å². The lowest BCUT2D eigenvalue weighted by molar-refractivity contribution is -0.115. The number of nitrogens with zero attached hydrogens (tertiary/aromatic N) is 2. The Labute approximate surface area is 141 Å². The van der Waals surface area contributed by atoms with Crippen LogP contribution in [0.25, 0.3) is 5.57 Å². The van der Waals surface area contributed by atoms with Gasteiger partial charge in [0.1, 0.15) is 17.9 Å². The normalized spacial score (nSPS) is 13.7. The second-order valence-electron chi connectivity index (χ2n) is 5.48. The fourth-order valence-electron chi connectivity index (χ4n) is 2.62. The maximum absolute atomic E-state index is 12.2. The summed E-state index contributed by atoms with van der Waals surface area (Å²) in [6.45, 7) is 0. The molecule has 1 N–H and O–H groups in total. The Morgan fingerprint density at radius 3 is 2.88 bits per heavy atom. The minimum absolute atomic E-state index is 0.106. The third-order valence-corrected chi connectivity index (χ3v) is 3.79. The number of hydrogen-bond donors (Lipinski definition) is 1. The number of methoxy groups -OCH3 is 1. The molecule has 122 valence electrons. The van der Waals surface area contributed by atoms with Crippen molar-refractivity contribution in [2.24, 2.45) is 0 Å². The highest BCUT2D eigenvalue weighted by Crippen LogP contribution is 2.27. The summed E-state index contributed by atoms with van der Waals surface area (Å²) in [6, 6.07) is 11.4. The van der Waals surface area contributed by atoms with Crippen molar-refractivity contribution in [1.82, 2.24) is 9.97 Å². The van der Waals surface area contributed by atoms with Crippen molar-refractivity contribution < 1.29 is 9.53 Å². The average Bonchev–Trinajstić information content (AvgIpc) is 2.62. The number of aromatic nitrogens is 2. The van der Waals surface area contributed by atoms with Gasteiger partial charge in [0.25, 0.3) is 0 Å². The number of carbonyl (C=O) groups excluding carboxylic acids is 1. The molecule has 24 heavy (non-hydrogen) atoms. The van der Waals surface area contributed by atoms with Crippen LogP contribution in [0.3, 0.4) is 0 Å². The number of ether oxygens (including phenoxy) is 1. The van der Waals surface area contributed by atoms with Gasteiger partial charge in [-0.1, -0.05) is 42.5 Å². The zero-order valence-corrected chi connectivity index (χ0v) is 13.5. The van der Waals surface area contributed by atoms with Crippen LogP contribution in [0.4, 0.5) is 5.82 Å². The highest BCUT2D eigenvalue weighted by Gasteiger charge is 2.13. The van der Waals surface area contributed by atoms with Crippen molar-refractivity contribution in [2.45, 2.75) is 19.3 Å². The third-order valence-electron chi connectivity index (χ3n) is 3.79. The zero-order valence-electron chi connectivity index (χ0n) is 13.5. The number of benzene rings is 1. The second-order valence-corrected chi connectivity index (χ2v) is 5.48. The molecule has 5 heteroatoms. The van der Waals surface area contributed by atoms with Gasteiger partial charge in [-0.25, -0.2) is 9.97 Å². The van der Waals surface area contributed by atoms with Crippen molar-refractivity contribution in [3.05, 3.63) is 71.9 Å². The molecule has 1 aromatic carbocycles. The van der Waals surface area contributed by atoms with E-state index in [0.717, 1.165) is 35.4 Å². The predicted molar refractivity (Wildman–Crippen MR) is 93.1 cm³/mol. The summed E-state index contributed by atoms with van der Waals surface area (Å²) in [5.74, 6) is 1.28. The summed E-state index contributed by atoms with van der Waals surface area (Å²) in [6.07, 6.45) is 7.66. The molecular formula is C19H19N3O2. The van der Waals surface area contributed by atoms with E-state index in [0.29, 0.717) is 12.2 Å². The molecule has 0 fully saturated rings. The molecule has 0 radical (unpaired) electrons. The van der Waals surface area contributed by atoms with Crippen LogP contribution < -0.4 is 5.32 Å². The molecule has 1 aliphatic carbocycles. The summed E-state index contributed by atoms with van der Waals surface area (Å²) in [5, 5.41) is 2.83. The van der Waals surface area contributed by atoms with Gasteiger partial charge in [-0.3, -0.25) is 4.79 Å². The van der Waals surface area contributed by atoms with E-state index in [1.165, 1.54) is 6.33 Å². The van der Waals surface area contributed by atoms with Crippen molar-refractivity contribution in [2.75, 3.05) is 12.4 Å². The van der Waals surface area contributed by atoms with Crippen LogP contribution in [0.5, 0.6) is 0 Å². The van der Waals surface area contributed by atoms with Crippen molar-refractivity contribution in [3.8, 4) is 0 Å². The maximum atomic E-state index is 12.2. The molecule has 1 aromatic heterocycles. The number of nitrogens with one attached hydrogen (secondary N) is 1. The standard InChI is InChI=1S/C19H19N3O2/c1-24-17-10-6-5-9-15(17)16-12-18(21-13-20-16)22-19(23)11-14-7-3-2-4-8-14/h2-5,7-9,12-13H,6,10-11H2,1H3,(H,20,21,22,23). The molecule has 0 atom stereocenters. The Kier molecular flexibility index (Phi) is 5.01. The van der Waals surface area contributed by atoms with Crippen molar-refractivity contribution >= 4 is 17.3 Å². The van der Waals surface area contributed by atoms with Crippen molar-refractivity contribution in [3.63, 3.8) is 0 Å². The molecule has 0 unspecified atom stereocenters. The Bertz CT molecular complexity index is 782. The summed E-state index contributed by atoms with van der Waals surface area (Å²) < 4.78 is 5.44. The zero-order chi connectivity index (χ0) is 16.8. The highest BCUT2D eigenvalue weighted by atomic mass is 16.5. The monoisotopic (exact) mass is 321 g/mol. The molecule has 0 bridgehead atoms. The smallest absolute Gasteiger partial charge is 0.229 e. The van der Waals surface area contributed by atoms with Gasteiger partial charge < -0.3 is 10.1 Å². The van der Waals surface area contributed by atoms with Crippen LogP contribution >= 0.6 is 0 Å². The van der Waals surface area contributed by atoms with Gasteiger partial charge in [-0.15, -0.1) is 0 Å². The predicted octanol–water partition coefficient (Wildman–Crippen LogP) is 3.37. The Hall–Kier alpha value is -2.95. The fourth-order valence-corrected chi connectivity index (χ4v) is 2.62. The first-order chi connectivity index (χ1) is 11.8. The van der Waals surface area contributed by atoms with Crippen LogP contribution in [-0.2, 0) is 16.0 Å². The second kappa shape index (κ2) is 7.55. The van der Waals surface area contributed by atoms with E-state index in [2.05, 4.69) is 21.4 Å². The van der Waals surface area contributed by atoms with Crippen LogP contribution in [-0.4, -0.2) is 23.0 Å². The lowest BCUT2D eigenvalue weighted by Gasteiger charge is -2.14. The van der Waals surface area contributed by atoms with Crippen LogP contribution in [0.1, 0.15) is 24.1 Å². The van der Waals surface area contributed by atoms with E-state index in [1.807, 2.05) is 36.4 Å². The fraction of sp³-hybridized carbons (Fsp3) is 0.211. The van der Waals surface area contributed by atoms with E-state index in [9.17, 15) is 4.79 Å². The number of rotatable bonds is 5. The molecule has 5 nitrogen and oxygen atoms in total. The van der Waals surface area contributed by atoms with Crippen molar-refractivity contribution in [1.29, 1.82) is 0 Å². The summed E-state index contributed by atoms with van der Waals surface area (Å²) in [5.41, 5.74) is 2.64. The average molecular weight is 321 g/mol. The first kappa shape index (κ1) is 15.9. The topological polar surface area (TPSA) is 64.1 Å². The Morgan fingerprint density at radius 1 is 1.25 bits per heavy atom. The molecule has 2 aromatic rings. The molecule has 0 saturated heterocycles. The molecule has 1 aliphatic rings. The van der Waals surface area contributed by atoms with Gasteiger partial charge in [0.05, 0.1) is 19.2 Å². The SMILES string of the molecule is COC1=C(c2cc(NC(=O)Cc3ccccc3)ncn2)C=CCC1. The Balaban J connectivity index is 1.75. The van der Waals surface area contributed by atoms with E-state index < -0.39 is 0 Å². The number of amides is 1. The minimum Gasteiger partial charge on any atom is -0.500 e. The van der Waals surface area contributed by atoms with Crippen LogP contribution in [0.2, 0.25) is 0 Å². The molecule has 1 heterocycles. The summed E-state index contributed by atoms with van der Waals surface area (Å²) >= 11 is 0. The van der Waals surface area contributed by atoms with Gasteiger partial charge in [-0.05, 0) is 12.0 Å². The van der Waals surface area contributed by atoms with Gasteiger partial charge in [0.2, 0.25) is 5.91 Å². The number of allylic oxidation sites excluding steroid dienone is 4. The van der Waals surface area contributed by atoms with Gasteiger partial charge >= 0.3 is 0 Å². The van der Waals surface area contributed by atoms with Gasteiger partial charge in [0, 0.05) is 18.1 Å². The summed E-state index contributed by atoms with van der Waals surface area (Å²) in [4.78, 5) is 20.6. The van der Waals surface area contributed by atoms with Gasteiger partial charge in [0.15, 0.2) is 0 Å². The lowest BCUT2D eigenvalue weighted by atomic mass is 10.0. The first-order valence-corrected chi connectivity index (χ1v) is 7.86. The number of hydrogen-bond acceptors (Lipinski definition) is 4. The number of carbonyl (C=O) groups is 1. The molecule has 3 rings (SSSR count). The Morgan fingerprint density at radius 2 is 2.08 bits per heavy atom. The molecule has 0 spiro atoms. The largest absolute Gasteiger partial charge is 0.500 e. The number of anilines is 1. The minimum atomic E-state index is -0.106. The third kappa shape index (κ3) is 3.87.